The number of rotatable bonds is 0. The molecule has 0 atom stereocenters. The molecule has 0 N–H and O–H groups in total. The summed E-state index contributed by atoms with van der Waals surface area (Å²) in [5.41, 5.74) is 2.53. The van der Waals surface area contributed by atoms with Crippen molar-refractivity contribution in [1.82, 2.24) is 0 Å². The van der Waals surface area contributed by atoms with Crippen LogP contribution in [0.3, 0.4) is 0 Å². The molecule has 2 rings (SSSR count). The van der Waals surface area contributed by atoms with Crippen molar-refractivity contribution in [3.8, 4) is 0 Å². The number of aryl methyl sites for hydroxylation is 2. The Bertz CT molecular complexity index is 303. The molecule has 74 valence electrons. The quantitative estimate of drug-likeness (QED) is 0.644. The molecule has 2 aromatic rings. The molecular formula is C14H14Zr. The molecule has 0 amide bonds. The minimum atomic E-state index is 0. The van der Waals surface area contributed by atoms with Crippen molar-refractivity contribution in [1.29, 1.82) is 0 Å². The predicted molar refractivity (Wildman–Crippen MR) is 60.0 cm³/mol. The summed E-state index contributed by atoms with van der Waals surface area (Å²) in [5, 5.41) is 0. The van der Waals surface area contributed by atoms with Gasteiger partial charge in [0, 0.05) is 0 Å². The molecule has 0 unspecified atom stereocenters. The molecule has 0 radical (unpaired) electrons. The van der Waals surface area contributed by atoms with E-state index >= 15 is 0 Å². The fourth-order valence-corrected chi connectivity index (χ4v) is 0.966. The molecule has 0 aliphatic carbocycles. The van der Waals surface area contributed by atoms with Crippen LogP contribution in [-0.4, -0.2) is 0 Å². The van der Waals surface area contributed by atoms with Gasteiger partial charge in [0.2, 0.25) is 0 Å². The molecule has 0 nitrogen and oxygen atoms in total. The number of hydrogen-bond acceptors (Lipinski definition) is 0. The van der Waals surface area contributed by atoms with E-state index in [1.807, 2.05) is 36.4 Å². The average molecular weight is 273 g/mol. The summed E-state index contributed by atoms with van der Waals surface area (Å²) in [6.45, 7) is 4.10. The van der Waals surface area contributed by atoms with Gasteiger partial charge in [-0.15, -0.1) is 0 Å². The van der Waals surface area contributed by atoms with Gasteiger partial charge in [-0.3, -0.25) is 0 Å². The van der Waals surface area contributed by atoms with E-state index in [1.54, 1.807) is 0 Å². The van der Waals surface area contributed by atoms with E-state index in [4.69, 9.17) is 0 Å². The van der Waals surface area contributed by atoms with Crippen molar-refractivity contribution in [2.75, 3.05) is 0 Å². The summed E-state index contributed by atoms with van der Waals surface area (Å²) >= 11 is 0. The van der Waals surface area contributed by atoms with Gasteiger partial charge in [-0.05, 0) is 0 Å². The summed E-state index contributed by atoms with van der Waals surface area (Å²) in [5.74, 6) is 0. The third kappa shape index (κ3) is 7.28. The monoisotopic (exact) mass is 272 g/mol. The summed E-state index contributed by atoms with van der Waals surface area (Å²) in [4.78, 5) is 0. The van der Waals surface area contributed by atoms with Gasteiger partial charge >= 0.3 is 26.2 Å². The molecular weight excluding hydrogens is 259 g/mol. The van der Waals surface area contributed by atoms with Crippen LogP contribution in [0.15, 0.2) is 48.5 Å². The third-order valence-electron chi connectivity index (χ3n) is 1.73. The first-order valence-electron chi connectivity index (χ1n) is 4.64. The second kappa shape index (κ2) is 8.62. The van der Waals surface area contributed by atoms with Gasteiger partial charge in [-0.25, -0.2) is 0 Å². The van der Waals surface area contributed by atoms with Crippen LogP contribution in [0.25, 0.3) is 0 Å². The van der Waals surface area contributed by atoms with Gasteiger partial charge in [0.25, 0.3) is 0 Å². The zero-order valence-electron chi connectivity index (χ0n) is 9.12. The normalized spacial score (nSPS) is 8.13. The van der Waals surface area contributed by atoms with Gasteiger partial charge in [-0.2, -0.15) is 71.8 Å². The van der Waals surface area contributed by atoms with Crippen LogP contribution in [0.2, 0.25) is 0 Å². The second-order valence-corrected chi connectivity index (χ2v) is 3.16. The fourth-order valence-electron chi connectivity index (χ4n) is 0.966. The van der Waals surface area contributed by atoms with E-state index in [0.717, 1.165) is 0 Å². The van der Waals surface area contributed by atoms with E-state index in [0.29, 0.717) is 0 Å². The first kappa shape index (κ1) is 14.3. The van der Waals surface area contributed by atoms with Crippen molar-refractivity contribution in [3.05, 3.63) is 71.8 Å². The number of hydrogen-bond donors (Lipinski definition) is 0. The first-order valence-corrected chi connectivity index (χ1v) is 4.64. The van der Waals surface area contributed by atoms with Crippen LogP contribution in [0, 0.1) is 26.0 Å². The summed E-state index contributed by atoms with van der Waals surface area (Å²) < 4.78 is 0. The van der Waals surface area contributed by atoms with Crippen molar-refractivity contribution in [3.63, 3.8) is 0 Å². The van der Waals surface area contributed by atoms with Crippen molar-refractivity contribution in [2.45, 2.75) is 13.8 Å². The van der Waals surface area contributed by atoms with E-state index < -0.39 is 0 Å². The Balaban J connectivity index is 0.000000245. The van der Waals surface area contributed by atoms with Crippen LogP contribution in [0.1, 0.15) is 11.1 Å². The molecule has 2 aromatic carbocycles. The molecule has 0 saturated carbocycles. The van der Waals surface area contributed by atoms with E-state index in [2.05, 4.69) is 38.1 Å². The summed E-state index contributed by atoms with van der Waals surface area (Å²) in [6.07, 6.45) is 0. The van der Waals surface area contributed by atoms with Crippen LogP contribution < -0.4 is 0 Å². The van der Waals surface area contributed by atoms with Gasteiger partial charge in [-0.1, -0.05) is 13.8 Å². The maximum atomic E-state index is 2.96. The van der Waals surface area contributed by atoms with Crippen LogP contribution >= 0.6 is 0 Å². The fraction of sp³-hybridized carbons (Fsp3) is 0.143. The van der Waals surface area contributed by atoms with E-state index in [-0.39, 0.29) is 26.2 Å². The van der Waals surface area contributed by atoms with Gasteiger partial charge in [0.05, 0.1) is 0 Å². The van der Waals surface area contributed by atoms with Gasteiger partial charge < -0.3 is 0 Å². The number of benzene rings is 2. The smallest absolute Gasteiger partial charge is 0.184 e. The molecule has 15 heavy (non-hydrogen) atoms. The van der Waals surface area contributed by atoms with Gasteiger partial charge in [0.15, 0.2) is 0 Å². The van der Waals surface area contributed by atoms with E-state index in [9.17, 15) is 0 Å². The summed E-state index contributed by atoms with van der Waals surface area (Å²) in [6, 6.07) is 21.7. The molecule has 0 fully saturated rings. The zero-order chi connectivity index (χ0) is 10.2. The Morgan fingerprint density at radius 2 is 1.20 bits per heavy atom. The molecule has 0 aliphatic rings. The van der Waals surface area contributed by atoms with Crippen molar-refractivity contribution in [2.24, 2.45) is 0 Å². The molecule has 0 spiro atoms. The van der Waals surface area contributed by atoms with E-state index in [1.165, 1.54) is 11.1 Å². The Morgan fingerprint density at radius 1 is 0.800 bits per heavy atom. The van der Waals surface area contributed by atoms with Crippen LogP contribution in [0.4, 0.5) is 0 Å². The minimum absolute atomic E-state index is 0. The maximum absolute atomic E-state index is 2.96. The van der Waals surface area contributed by atoms with Crippen molar-refractivity contribution < 1.29 is 26.2 Å². The Kier molecular flexibility index (Phi) is 8.23. The molecule has 0 saturated heterocycles. The third-order valence-corrected chi connectivity index (χ3v) is 1.73. The largest absolute Gasteiger partial charge is 2.00 e. The topological polar surface area (TPSA) is 0 Å². The maximum Gasteiger partial charge on any atom is 2.00 e. The molecule has 0 heterocycles. The zero-order valence-corrected chi connectivity index (χ0v) is 11.6. The van der Waals surface area contributed by atoms with Crippen molar-refractivity contribution >= 4 is 0 Å². The van der Waals surface area contributed by atoms with Crippen LogP contribution in [0.5, 0.6) is 0 Å². The first-order chi connectivity index (χ1) is 6.79. The Labute approximate surface area is 111 Å². The average Bonchev–Trinajstić information content (AvgIpc) is 2.21. The second-order valence-electron chi connectivity index (χ2n) is 3.16. The van der Waals surface area contributed by atoms with Crippen LogP contribution in [-0.2, 0) is 26.2 Å². The SMILES string of the molecule is Cc1c[c-]ccc1.Cc1c[c-]ccc1.[Zr+2]. The molecule has 0 aromatic heterocycles. The Hall–Kier alpha value is -0.677. The van der Waals surface area contributed by atoms with Gasteiger partial charge in [0.1, 0.15) is 0 Å². The predicted octanol–water partition coefficient (Wildman–Crippen LogP) is 3.59. The molecule has 1 heteroatoms. The Morgan fingerprint density at radius 3 is 1.33 bits per heavy atom. The summed E-state index contributed by atoms with van der Waals surface area (Å²) in [7, 11) is 0. The standard InChI is InChI=1S/2C7H7.Zr/c2*1-7-5-3-2-4-6-7;/h2*2-3,5-6H,1H3;/q2*-1;+2. The molecule has 0 aliphatic heterocycles. The molecule has 0 bridgehead atoms. The minimum Gasteiger partial charge on any atom is -0.184 e.